The van der Waals surface area contributed by atoms with Crippen LogP contribution < -0.4 is 0 Å². The van der Waals surface area contributed by atoms with E-state index in [2.05, 4.69) is 15.0 Å². The molecule has 0 fully saturated rings. The normalized spacial score (nSPS) is 11.6. The van der Waals surface area contributed by atoms with Crippen molar-refractivity contribution in [3.05, 3.63) is 66.7 Å². The quantitative estimate of drug-likeness (QED) is 0.364. The maximum absolute atomic E-state index is 12.1. The van der Waals surface area contributed by atoms with Crippen LogP contribution in [0.1, 0.15) is 0 Å². The molecule has 1 aromatic heterocycles. The van der Waals surface area contributed by atoms with Crippen LogP contribution in [0.5, 0.6) is 11.5 Å². The van der Waals surface area contributed by atoms with Crippen LogP contribution in [0, 0.1) is 0 Å². The van der Waals surface area contributed by atoms with Gasteiger partial charge in [0.2, 0.25) is 0 Å². The van der Waals surface area contributed by atoms with Crippen molar-refractivity contribution >= 4 is 20.5 Å². The summed E-state index contributed by atoms with van der Waals surface area (Å²) < 4.78 is 47.6. The standard InChI is InChI=1S/C22H17N3O6S2/c1-33(30,31)15-11-13(10-14(12-15)32(28)29)20-23-21(16-6-2-4-8-18(16)26)25-22(24-20)17-7-3-5-9-19(17)27/h2-12,26-27,32H,1H3. The molecule has 0 aliphatic carbocycles. The SMILES string of the molecule is CS(=O)(=O)c1cc(-c2nc(-c3ccccc3O)nc(-c3ccccc3O)n2)cc([SH](=O)=O)c1. The highest BCUT2D eigenvalue weighted by Gasteiger charge is 2.19. The lowest BCUT2D eigenvalue weighted by atomic mass is 10.1. The Morgan fingerprint density at radius 2 is 1.21 bits per heavy atom. The number of rotatable bonds is 5. The summed E-state index contributed by atoms with van der Waals surface area (Å²) in [6, 6.07) is 16.2. The number of hydrogen-bond donors (Lipinski definition) is 3. The highest BCUT2D eigenvalue weighted by Crippen LogP contribution is 2.33. The molecule has 3 aromatic carbocycles. The van der Waals surface area contributed by atoms with E-state index in [0.717, 1.165) is 12.3 Å². The van der Waals surface area contributed by atoms with E-state index < -0.39 is 20.5 Å². The Bertz CT molecular complexity index is 1490. The Balaban J connectivity index is 2.04. The second-order valence-corrected chi connectivity index (χ2v) is 10.1. The Hall–Kier alpha value is -3.83. The lowest BCUT2D eigenvalue weighted by Crippen LogP contribution is -2.03. The number of phenolic OH excluding ortho intramolecular Hbond substituents is 2. The van der Waals surface area contributed by atoms with Crippen LogP contribution in [0.3, 0.4) is 0 Å². The van der Waals surface area contributed by atoms with Crippen molar-refractivity contribution in [2.75, 3.05) is 6.26 Å². The van der Waals surface area contributed by atoms with Crippen LogP contribution in [-0.4, -0.2) is 48.3 Å². The molecule has 0 spiro atoms. The summed E-state index contributed by atoms with van der Waals surface area (Å²) in [6.45, 7) is 0. The summed E-state index contributed by atoms with van der Waals surface area (Å²) in [7, 11) is -6.84. The number of benzene rings is 3. The Kier molecular flexibility index (Phi) is 5.83. The molecule has 0 radical (unpaired) electrons. The summed E-state index contributed by atoms with van der Waals surface area (Å²) in [5.41, 5.74) is 0.655. The first kappa shape index (κ1) is 22.4. The first-order chi connectivity index (χ1) is 15.6. The fourth-order valence-corrected chi connectivity index (χ4v) is 4.36. The van der Waals surface area contributed by atoms with E-state index in [4.69, 9.17) is 0 Å². The number of hydrogen-bond acceptors (Lipinski definition) is 9. The molecule has 4 rings (SSSR count). The molecule has 4 aromatic rings. The fraction of sp³-hybridized carbons (Fsp3) is 0.0455. The molecule has 11 heteroatoms. The van der Waals surface area contributed by atoms with Crippen molar-refractivity contribution in [1.82, 2.24) is 15.0 Å². The van der Waals surface area contributed by atoms with E-state index in [-0.39, 0.29) is 55.5 Å². The van der Waals surface area contributed by atoms with Gasteiger partial charge in [0.1, 0.15) is 11.5 Å². The van der Waals surface area contributed by atoms with Gasteiger partial charge in [-0.15, -0.1) is 0 Å². The highest BCUT2D eigenvalue weighted by atomic mass is 32.2. The molecule has 0 saturated carbocycles. The lowest BCUT2D eigenvalue weighted by Gasteiger charge is -2.11. The summed E-state index contributed by atoms with van der Waals surface area (Å²) in [6.07, 6.45) is 0.960. The predicted molar refractivity (Wildman–Crippen MR) is 121 cm³/mol. The number of sulfone groups is 1. The molecule has 0 bridgehead atoms. The minimum absolute atomic E-state index is 0.0369. The molecular formula is C22H17N3O6S2. The van der Waals surface area contributed by atoms with Crippen molar-refractivity contribution in [3.63, 3.8) is 0 Å². The molecule has 0 saturated heterocycles. The van der Waals surface area contributed by atoms with Crippen LogP contribution in [-0.2, 0) is 20.5 Å². The average molecular weight is 484 g/mol. The molecular weight excluding hydrogens is 466 g/mol. The van der Waals surface area contributed by atoms with Gasteiger partial charge >= 0.3 is 0 Å². The summed E-state index contributed by atoms with van der Waals surface area (Å²) in [4.78, 5) is 12.6. The van der Waals surface area contributed by atoms with E-state index in [1.165, 1.54) is 24.3 Å². The Morgan fingerprint density at radius 1 is 0.727 bits per heavy atom. The molecule has 0 aliphatic heterocycles. The van der Waals surface area contributed by atoms with Crippen LogP contribution >= 0.6 is 0 Å². The molecule has 168 valence electrons. The van der Waals surface area contributed by atoms with Crippen molar-refractivity contribution in [3.8, 4) is 45.7 Å². The van der Waals surface area contributed by atoms with Gasteiger partial charge in [0.05, 0.1) is 20.9 Å². The molecule has 33 heavy (non-hydrogen) atoms. The fourth-order valence-electron chi connectivity index (χ4n) is 3.10. The zero-order valence-corrected chi connectivity index (χ0v) is 18.8. The van der Waals surface area contributed by atoms with Crippen LogP contribution in [0.25, 0.3) is 34.2 Å². The zero-order valence-electron chi connectivity index (χ0n) is 17.1. The molecule has 0 aliphatic rings. The number of para-hydroxylation sites is 2. The molecule has 0 unspecified atom stereocenters. The van der Waals surface area contributed by atoms with Crippen molar-refractivity contribution < 1.29 is 27.0 Å². The van der Waals surface area contributed by atoms with Gasteiger partial charge in [0.15, 0.2) is 38.0 Å². The number of aromatic hydroxyl groups is 2. The van der Waals surface area contributed by atoms with Crippen LogP contribution in [0.4, 0.5) is 0 Å². The largest absolute Gasteiger partial charge is 0.507 e. The van der Waals surface area contributed by atoms with E-state index >= 15 is 0 Å². The van der Waals surface area contributed by atoms with Crippen molar-refractivity contribution in [1.29, 1.82) is 0 Å². The van der Waals surface area contributed by atoms with E-state index in [9.17, 15) is 27.0 Å². The van der Waals surface area contributed by atoms with Gasteiger partial charge in [-0.05, 0) is 42.5 Å². The van der Waals surface area contributed by atoms with Crippen molar-refractivity contribution in [2.45, 2.75) is 9.79 Å². The smallest absolute Gasteiger partial charge is 0.175 e. The van der Waals surface area contributed by atoms with E-state index in [1.807, 2.05) is 0 Å². The first-order valence-corrected chi connectivity index (χ1v) is 12.5. The van der Waals surface area contributed by atoms with Gasteiger partial charge in [-0.25, -0.2) is 31.8 Å². The molecule has 0 amide bonds. The van der Waals surface area contributed by atoms with E-state index in [0.29, 0.717) is 0 Å². The maximum Gasteiger partial charge on any atom is 0.175 e. The third-order valence-corrected chi connectivity index (χ3v) is 6.49. The summed E-state index contributed by atoms with van der Waals surface area (Å²) in [5, 5.41) is 20.6. The summed E-state index contributed by atoms with van der Waals surface area (Å²) in [5.74, 6) is -0.148. The maximum atomic E-state index is 12.1. The second kappa shape index (κ2) is 8.60. The molecule has 1 heterocycles. The lowest BCUT2D eigenvalue weighted by molar-refractivity contribution is 0.477. The number of thiol groups is 1. The predicted octanol–water partition coefficient (Wildman–Crippen LogP) is 2.66. The third kappa shape index (κ3) is 4.69. The van der Waals surface area contributed by atoms with Gasteiger partial charge in [0, 0.05) is 11.8 Å². The Labute approximate surface area is 190 Å². The van der Waals surface area contributed by atoms with Crippen LogP contribution in [0.2, 0.25) is 0 Å². The second-order valence-electron chi connectivity index (χ2n) is 7.09. The Morgan fingerprint density at radius 3 is 1.67 bits per heavy atom. The van der Waals surface area contributed by atoms with Gasteiger partial charge in [-0.2, -0.15) is 0 Å². The molecule has 2 N–H and O–H groups in total. The number of aromatic nitrogens is 3. The zero-order chi connectivity index (χ0) is 23.8. The minimum atomic E-state index is -3.75. The monoisotopic (exact) mass is 483 g/mol. The van der Waals surface area contributed by atoms with Gasteiger partial charge in [-0.1, -0.05) is 24.3 Å². The van der Waals surface area contributed by atoms with E-state index in [1.54, 1.807) is 36.4 Å². The van der Waals surface area contributed by atoms with Crippen LogP contribution in [0.15, 0.2) is 76.5 Å². The first-order valence-electron chi connectivity index (χ1n) is 9.46. The molecule has 9 nitrogen and oxygen atoms in total. The van der Waals surface area contributed by atoms with Gasteiger partial charge in [0.25, 0.3) is 0 Å². The minimum Gasteiger partial charge on any atom is -0.507 e. The average Bonchev–Trinajstić information content (AvgIpc) is 2.78. The van der Waals surface area contributed by atoms with Gasteiger partial charge in [-0.3, -0.25) is 0 Å². The number of phenols is 2. The summed E-state index contributed by atoms with van der Waals surface area (Å²) >= 11 is 0. The topological polar surface area (TPSA) is 147 Å². The van der Waals surface area contributed by atoms with Gasteiger partial charge < -0.3 is 10.2 Å². The highest BCUT2D eigenvalue weighted by molar-refractivity contribution is 7.90. The number of nitrogens with zero attached hydrogens (tertiary/aromatic N) is 3. The molecule has 0 atom stereocenters. The van der Waals surface area contributed by atoms with Crippen molar-refractivity contribution in [2.24, 2.45) is 0 Å². The third-order valence-electron chi connectivity index (χ3n) is 4.71.